The van der Waals surface area contributed by atoms with Crippen LogP contribution in [0, 0.1) is 11.6 Å². The van der Waals surface area contributed by atoms with E-state index in [9.17, 15) is 13.6 Å². The molecule has 0 atom stereocenters. The van der Waals surface area contributed by atoms with E-state index >= 15 is 0 Å². The molecule has 0 aliphatic heterocycles. The predicted molar refractivity (Wildman–Crippen MR) is 73.2 cm³/mol. The van der Waals surface area contributed by atoms with E-state index in [0.717, 1.165) is 23.9 Å². The van der Waals surface area contributed by atoms with Crippen LogP contribution in [0.3, 0.4) is 0 Å². The molecule has 112 valence electrons. The second kappa shape index (κ2) is 6.66. The molecule has 0 aliphatic carbocycles. The zero-order valence-corrected chi connectivity index (χ0v) is 12.0. The lowest BCUT2D eigenvalue weighted by atomic mass is 10.1. The summed E-state index contributed by atoms with van der Waals surface area (Å²) in [5, 5.41) is 17.1. The number of thioether (sulfide) groups is 1. The summed E-state index contributed by atoms with van der Waals surface area (Å²) in [5.74, 6) is -2.27. The van der Waals surface area contributed by atoms with Crippen molar-refractivity contribution < 1.29 is 18.7 Å². The van der Waals surface area contributed by atoms with Gasteiger partial charge in [-0.3, -0.25) is 4.79 Å². The Morgan fingerprint density at radius 3 is 2.71 bits per heavy atom. The van der Waals surface area contributed by atoms with Gasteiger partial charge in [0.15, 0.2) is 16.8 Å². The number of rotatable bonds is 6. The molecule has 21 heavy (non-hydrogen) atoms. The first-order valence-electron chi connectivity index (χ1n) is 6.21. The number of aliphatic carboxylic acids is 1. The van der Waals surface area contributed by atoms with Gasteiger partial charge in [-0.1, -0.05) is 17.8 Å². The summed E-state index contributed by atoms with van der Waals surface area (Å²) in [6.45, 7) is 2.44. The average molecular weight is 313 g/mol. The van der Waals surface area contributed by atoms with Crippen LogP contribution in [-0.4, -0.2) is 31.6 Å². The standard InChI is InChI=1S/C13H13F2N3O2S/c1-2-18-11(16-17-13(18)21-7-12(19)20)6-8-3-4-9(14)10(15)5-8/h3-5H,2,6-7H2,1H3,(H,19,20). The number of hydrogen-bond acceptors (Lipinski definition) is 4. The van der Waals surface area contributed by atoms with Crippen LogP contribution < -0.4 is 0 Å². The van der Waals surface area contributed by atoms with Crippen molar-refractivity contribution in [3.05, 3.63) is 41.2 Å². The smallest absolute Gasteiger partial charge is 0.313 e. The van der Waals surface area contributed by atoms with Crippen LogP contribution in [-0.2, 0) is 17.8 Å². The number of carboxylic acid groups (broad SMARTS) is 1. The first-order chi connectivity index (χ1) is 10.0. The van der Waals surface area contributed by atoms with Crippen molar-refractivity contribution in [2.45, 2.75) is 25.0 Å². The van der Waals surface area contributed by atoms with Crippen LogP contribution in [0.5, 0.6) is 0 Å². The highest BCUT2D eigenvalue weighted by Crippen LogP contribution is 2.19. The van der Waals surface area contributed by atoms with Gasteiger partial charge in [0, 0.05) is 13.0 Å². The Hall–Kier alpha value is -1.96. The number of hydrogen-bond donors (Lipinski definition) is 1. The minimum atomic E-state index is -0.937. The number of halogens is 2. The molecule has 0 aliphatic rings. The fourth-order valence-electron chi connectivity index (χ4n) is 1.83. The Labute approximate surface area is 124 Å². The monoisotopic (exact) mass is 313 g/mol. The second-order valence-corrected chi connectivity index (χ2v) is 5.19. The van der Waals surface area contributed by atoms with Crippen molar-refractivity contribution in [1.82, 2.24) is 14.8 Å². The molecule has 0 spiro atoms. The summed E-state index contributed by atoms with van der Waals surface area (Å²) < 4.78 is 27.8. The highest BCUT2D eigenvalue weighted by molar-refractivity contribution is 7.99. The van der Waals surface area contributed by atoms with Gasteiger partial charge in [-0.15, -0.1) is 10.2 Å². The van der Waals surface area contributed by atoms with Crippen molar-refractivity contribution in [3.63, 3.8) is 0 Å². The molecular weight excluding hydrogens is 300 g/mol. The van der Waals surface area contributed by atoms with Gasteiger partial charge >= 0.3 is 5.97 Å². The van der Waals surface area contributed by atoms with Crippen molar-refractivity contribution in [1.29, 1.82) is 0 Å². The summed E-state index contributed by atoms with van der Waals surface area (Å²) in [4.78, 5) is 10.6. The van der Waals surface area contributed by atoms with Gasteiger partial charge in [0.05, 0.1) is 5.75 Å². The van der Waals surface area contributed by atoms with Crippen LogP contribution in [0.1, 0.15) is 18.3 Å². The fourth-order valence-corrected chi connectivity index (χ4v) is 2.57. The van der Waals surface area contributed by atoms with Gasteiger partial charge in [0.1, 0.15) is 5.82 Å². The molecule has 0 saturated heterocycles. The second-order valence-electron chi connectivity index (χ2n) is 4.25. The highest BCUT2D eigenvalue weighted by Gasteiger charge is 2.14. The maximum absolute atomic E-state index is 13.2. The molecular formula is C13H13F2N3O2S. The zero-order chi connectivity index (χ0) is 15.4. The molecule has 5 nitrogen and oxygen atoms in total. The van der Waals surface area contributed by atoms with Crippen LogP contribution >= 0.6 is 11.8 Å². The van der Waals surface area contributed by atoms with E-state index in [1.807, 2.05) is 6.92 Å². The SMILES string of the molecule is CCn1c(Cc2ccc(F)c(F)c2)nnc1SCC(=O)O. The Balaban J connectivity index is 2.19. The Kier molecular flexibility index (Phi) is 4.89. The lowest BCUT2D eigenvalue weighted by molar-refractivity contribution is -0.133. The van der Waals surface area contributed by atoms with Gasteiger partial charge in [0.25, 0.3) is 0 Å². The molecule has 8 heteroatoms. The largest absolute Gasteiger partial charge is 0.481 e. The van der Waals surface area contributed by atoms with Gasteiger partial charge < -0.3 is 9.67 Å². The quantitative estimate of drug-likeness (QED) is 0.829. The van der Waals surface area contributed by atoms with Crippen molar-refractivity contribution >= 4 is 17.7 Å². The summed E-state index contributed by atoms with van der Waals surface area (Å²) in [6.07, 6.45) is 0.297. The molecule has 1 aromatic heterocycles. The number of aromatic nitrogens is 3. The molecule has 0 unspecified atom stereocenters. The summed E-state index contributed by atoms with van der Waals surface area (Å²) >= 11 is 1.07. The number of carboxylic acids is 1. The Bertz CT molecular complexity index is 661. The van der Waals surface area contributed by atoms with E-state index in [2.05, 4.69) is 10.2 Å². The Morgan fingerprint density at radius 2 is 2.10 bits per heavy atom. The number of nitrogens with zero attached hydrogens (tertiary/aromatic N) is 3. The first kappa shape index (κ1) is 15.4. The van der Waals surface area contributed by atoms with Crippen molar-refractivity contribution in [2.24, 2.45) is 0 Å². The molecule has 0 fully saturated rings. The highest BCUT2D eigenvalue weighted by atomic mass is 32.2. The molecule has 1 aromatic carbocycles. The van der Waals surface area contributed by atoms with Gasteiger partial charge in [0.2, 0.25) is 0 Å². The molecule has 2 aromatic rings. The van der Waals surface area contributed by atoms with Crippen LogP contribution in [0.25, 0.3) is 0 Å². The van der Waals surface area contributed by atoms with Crippen LogP contribution in [0.15, 0.2) is 23.4 Å². The van der Waals surface area contributed by atoms with Crippen molar-refractivity contribution in [3.8, 4) is 0 Å². The zero-order valence-electron chi connectivity index (χ0n) is 11.2. The molecule has 2 rings (SSSR count). The lowest BCUT2D eigenvalue weighted by Crippen LogP contribution is -2.06. The van der Waals surface area contributed by atoms with E-state index in [4.69, 9.17) is 5.11 Å². The minimum absolute atomic E-state index is 0.108. The molecule has 1 N–H and O–H groups in total. The predicted octanol–water partition coefficient (Wildman–Crippen LogP) is 2.34. The molecule has 1 heterocycles. The van der Waals surface area contributed by atoms with E-state index in [1.54, 1.807) is 4.57 Å². The summed E-state index contributed by atoms with van der Waals surface area (Å²) in [7, 11) is 0. The van der Waals surface area contributed by atoms with Crippen LogP contribution in [0.4, 0.5) is 8.78 Å². The summed E-state index contributed by atoms with van der Waals surface area (Å²) in [5.41, 5.74) is 0.575. The van der Waals surface area contributed by atoms with E-state index in [1.165, 1.54) is 6.07 Å². The van der Waals surface area contributed by atoms with E-state index in [0.29, 0.717) is 29.5 Å². The third-order valence-corrected chi connectivity index (χ3v) is 3.73. The Morgan fingerprint density at radius 1 is 1.33 bits per heavy atom. The van der Waals surface area contributed by atoms with Crippen LogP contribution in [0.2, 0.25) is 0 Å². The maximum atomic E-state index is 13.2. The molecule has 0 bridgehead atoms. The maximum Gasteiger partial charge on any atom is 0.313 e. The first-order valence-corrected chi connectivity index (χ1v) is 7.20. The number of carbonyl (C=O) groups is 1. The third-order valence-electron chi connectivity index (χ3n) is 2.78. The number of benzene rings is 1. The molecule has 0 radical (unpaired) electrons. The topological polar surface area (TPSA) is 68.0 Å². The average Bonchev–Trinajstić information content (AvgIpc) is 2.82. The summed E-state index contributed by atoms with van der Waals surface area (Å²) in [6, 6.07) is 3.67. The van der Waals surface area contributed by atoms with E-state index in [-0.39, 0.29) is 5.75 Å². The normalized spacial score (nSPS) is 10.8. The molecule has 0 saturated carbocycles. The molecule has 0 amide bonds. The van der Waals surface area contributed by atoms with Crippen molar-refractivity contribution in [2.75, 3.05) is 5.75 Å². The fraction of sp³-hybridized carbons (Fsp3) is 0.308. The van der Waals surface area contributed by atoms with Gasteiger partial charge in [-0.25, -0.2) is 8.78 Å². The van der Waals surface area contributed by atoms with Gasteiger partial charge in [-0.2, -0.15) is 0 Å². The van der Waals surface area contributed by atoms with E-state index < -0.39 is 17.6 Å². The third kappa shape index (κ3) is 3.78. The minimum Gasteiger partial charge on any atom is -0.481 e. The van der Waals surface area contributed by atoms with Gasteiger partial charge in [-0.05, 0) is 24.6 Å². The lowest BCUT2D eigenvalue weighted by Gasteiger charge is -2.07.